The zero-order valence-corrected chi connectivity index (χ0v) is 14.5. The van der Waals surface area contributed by atoms with E-state index in [-0.39, 0.29) is 11.8 Å². The van der Waals surface area contributed by atoms with E-state index >= 15 is 0 Å². The van der Waals surface area contributed by atoms with Crippen molar-refractivity contribution in [1.29, 1.82) is 0 Å². The lowest BCUT2D eigenvalue weighted by molar-refractivity contribution is -0.122. The lowest BCUT2D eigenvalue weighted by Gasteiger charge is -2.23. The summed E-state index contributed by atoms with van der Waals surface area (Å²) in [6.07, 6.45) is 4.05. The fourth-order valence-electron chi connectivity index (χ4n) is 2.68. The third kappa shape index (κ3) is 3.62. The zero-order chi connectivity index (χ0) is 18.8. The van der Waals surface area contributed by atoms with E-state index in [1.807, 2.05) is 24.3 Å². The van der Waals surface area contributed by atoms with Crippen LogP contribution in [0.4, 0.5) is 11.4 Å². The molecule has 1 unspecified atom stereocenters. The van der Waals surface area contributed by atoms with Gasteiger partial charge in [-0.2, -0.15) is 0 Å². The molecule has 3 aromatic rings. The fourth-order valence-corrected chi connectivity index (χ4v) is 2.68. The van der Waals surface area contributed by atoms with Crippen molar-refractivity contribution in [3.05, 3.63) is 60.4 Å². The van der Waals surface area contributed by atoms with E-state index in [1.54, 1.807) is 37.4 Å². The van der Waals surface area contributed by atoms with Crippen molar-refractivity contribution >= 4 is 40.3 Å². The Hall–Kier alpha value is -3.74. The summed E-state index contributed by atoms with van der Waals surface area (Å²) in [5, 5.41) is 5.49. The molecule has 2 heterocycles. The maximum absolute atomic E-state index is 12.2. The van der Waals surface area contributed by atoms with Crippen molar-refractivity contribution in [2.75, 3.05) is 10.6 Å². The molecule has 0 spiro atoms. The molecule has 0 radical (unpaired) electrons. The molecular formula is C20H16N4O3. The van der Waals surface area contributed by atoms with E-state index in [9.17, 15) is 9.59 Å². The maximum Gasteiger partial charge on any atom is 0.265 e. The second kappa shape index (κ2) is 6.87. The highest BCUT2D eigenvalue weighted by atomic mass is 16.5. The van der Waals surface area contributed by atoms with Crippen LogP contribution in [-0.4, -0.2) is 27.9 Å². The molecule has 0 fully saturated rings. The van der Waals surface area contributed by atoms with Crippen LogP contribution in [0.25, 0.3) is 17.1 Å². The van der Waals surface area contributed by atoms with Crippen molar-refractivity contribution in [3.8, 4) is 5.75 Å². The summed E-state index contributed by atoms with van der Waals surface area (Å²) in [6, 6.07) is 12.6. The molecule has 2 aromatic carbocycles. The summed E-state index contributed by atoms with van der Waals surface area (Å²) >= 11 is 0. The number of nitrogens with zero attached hydrogens (tertiary/aromatic N) is 2. The number of fused-ring (bicyclic) bond motifs is 2. The fraction of sp³-hybridized carbons (Fsp3) is 0.100. The molecule has 27 heavy (non-hydrogen) atoms. The van der Waals surface area contributed by atoms with Crippen molar-refractivity contribution in [3.63, 3.8) is 0 Å². The SMILES string of the molecule is CC1Oc2ccc(NC(=O)/C=C/c3cnc4ccccc4n3)cc2NC1=O. The van der Waals surface area contributed by atoms with Crippen LogP contribution in [0.2, 0.25) is 0 Å². The van der Waals surface area contributed by atoms with Crippen LogP contribution in [-0.2, 0) is 9.59 Å². The van der Waals surface area contributed by atoms with Crippen molar-refractivity contribution in [2.45, 2.75) is 13.0 Å². The largest absolute Gasteiger partial charge is 0.479 e. The standard InChI is InChI=1S/C20H16N4O3/c1-12-20(26)24-17-10-13(6-8-18(17)27-12)23-19(25)9-7-14-11-21-15-4-2-3-5-16(15)22-14/h2-12H,1H3,(H,23,25)(H,24,26)/b9-7+. The molecule has 7 nitrogen and oxygen atoms in total. The summed E-state index contributed by atoms with van der Waals surface area (Å²) in [7, 11) is 0. The van der Waals surface area contributed by atoms with Gasteiger partial charge < -0.3 is 15.4 Å². The quantitative estimate of drug-likeness (QED) is 0.701. The van der Waals surface area contributed by atoms with Gasteiger partial charge in [-0.1, -0.05) is 12.1 Å². The topological polar surface area (TPSA) is 93.2 Å². The number of nitrogens with one attached hydrogen (secondary N) is 2. The number of hydrogen-bond acceptors (Lipinski definition) is 5. The van der Waals surface area contributed by atoms with Crippen LogP contribution in [0, 0.1) is 0 Å². The number of ether oxygens (including phenoxy) is 1. The van der Waals surface area contributed by atoms with E-state index in [4.69, 9.17) is 4.74 Å². The number of rotatable bonds is 3. The summed E-state index contributed by atoms with van der Waals surface area (Å²) in [5.41, 5.74) is 3.22. The van der Waals surface area contributed by atoms with Gasteiger partial charge in [-0.05, 0) is 43.3 Å². The number of benzene rings is 2. The molecule has 1 aliphatic heterocycles. The molecule has 2 N–H and O–H groups in total. The Morgan fingerprint density at radius 2 is 2.04 bits per heavy atom. The monoisotopic (exact) mass is 360 g/mol. The first-order valence-corrected chi connectivity index (χ1v) is 8.41. The summed E-state index contributed by atoms with van der Waals surface area (Å²) in [6.45, 7) is 1.68. The van der Waals surface area contributed by atoms with Gasteiger partial charge in [0.25, 0.3) is 5.91 Å². The third-order valence-electron chi connectivity index (χ3n) is 4.05. The Morgan fingerprint density at radius 3 is 2.89 bits per heavy atom. The lowest BCUT2D eigenvalue weighted by atomic mass is 10.2. The molecule has 0 aliphatic carbocycles. The van der Waals surface area contributed by atoms with E-state index < -0.39 is 6.10 Å². The Morgan fingerprint density at radius 1 is 1.22 bits per heavy atom. The van der Waals surface area contributed by atoms with E-state index in [0.717, 1.165) is 11.0 Å². The van der Waals surface area contributed by atoms with Gasteiger partial charge in [-0.25, -0.2) is 4.98 Å². The first-order chi connectivity index (χ1) is 13.1. The van der Waals surface area contributed by atoms with E-state index in [1.165, 1.54) is 6.08 Å². The first kappa shape index (κ1) is 16.7. The van der Waals surface area contributed by atoms with Crippen LogP contribution in [0.3, 0.4) is 0 Å². The van der Waals surface area contributed by atoms with Gasteiger partial charge >= 0.3 is 0 Å². The summed E-state index contributed by atoms with van der Waals surface area (Å²) < 4.78 is 5.49. The van der Waals surface area contributed by atoms with Crippen LogP contribution in [0.15, 0.2) is 54.7 Å². The van der Waals surface area contributed by atoms with Crippen molar-refractivity contribution in [2.24, 2.45) is 0 Å². The second-order valence-corrected chi connectivity index (χ2v) is 6.07. The van der Waals surface area contributed by atoms with Gasteiger partial charge in [-0.15, -0.1) is 0 Å². The zero-order valence-electron chi connectivity index (χ0n) is 14.5. The molecule has 4 rings (SSSR count). The minimum absolute atomic E-state index is 0.222. The van der Waals surface area contributed by atoms with Gasteiger partial charge in [-0.3, -0.25) is 14.6 Å². The number of amides is 2. The Labute approximate surface area is 155 Å². The first-order valence-electron chi connectivity index (χ1n) is 8.41. The van der Waals surface area contributed by atoms with Crippen LogP contribution < -0.4 is 15.4 Å². The number of hydrogen-bond donors (Lipinski definition) is 2. The average Bonchev–Trinajstić information content (AvgIpc) is 2.67. The highest BCUT2D eigenvalue weighted by molar-refractivity contribution is 6.03. The molecule has 1 aliphatic rings. The predicted molar refractivity (Wildman–Crippen MR) is 102 cm³/mol. The van der Waals surface area contributed by atoms with Crippen LogP contribution >= 0.6 is 0 Å². The maximum atomic E-state index is 12.2. The molecule has 1 aromatic heterocycles. The number of carbonyl (C=O) groups excluding carboxylic acids is 2. The van der Waals surface area contributed by atoms with E-state index in [2.05, 4.69) is 20.6 Å². The van der Waals surface area contributed by atoms with Gasteiger partial charge in [0.1, 0.15) is 5.75 Å². The third-order valence-corrected chi connectivity index (χ3v) is 4.05. The molecule has 7 heteroatoms. The van der Waals surface area contributed by atoms with Gasteiger partial charge in [0.15, 0.2) is 6.10 Å². The number of para-hydroxylation sites is 2. The minimum Gasteiger partial charge on any atom is -0.479 e. The second-order valence-electron chi connectivity index (χ2n) is 6.07. The van der Waals surface area contributed by atoms with Gasteiger partial charge in [0.2, 0.25) is 5.91 Å². The number of aromatic nitrogens is 2. The Balaban J connectivity index is 1.46. The highest BCUT2D eigenvalue weighted by Gasteiger charge is 2.23. The van der Waals surface area contributed by atoms with Crippen LogP contribution in [0.5, 0.6) is 5.75 Å². The minimum atomic E-state index is -0.538. The molecule has 1 atom stereocenters. The normalized spacial score (nSPS) is 15.9. The van der Waals surface area contributed by atoms with Crippen LogP contribution in [0.1, 0.15) is 12.6 Å². The van der Waals surface area contributed by atoms with E-state index in [0.29, 0.717) is 22.8 Å². The Kier molecular flexibility index (Phi) is 4.25. The summed E-state index contributed by atoms with van der Waals surface area (Å²) in [5.74, 6) is 0.0316. The van der Waals surface area contributed by atoms with Crippen molar-refractivity contribution < 1.29 is 14.3 Å². The Bertz CT molecular complexity index is 1080. The molecule has 134 valence electrons. The molecule has 2 amide bonds. The smallest absolute Gasteiger partial charge is 0.265 e. The van der Waals surface area contributed by atoms with Gasteiger partial charge in [0, 0.05) is 11.8 Å². The van der Waals surface area contributed by atoms with Gasteiger partial charge in [0.05, 0.1) is 28.6 Å². The lowest BCUT2D eigenvalue weighted by Crippen LogP contribution is -2.34. The number of anilines is 2. The molecule has 0 saturated heterocycles. The highest BCUT2D eigenvalue weighted by Crippen LogP contribution is 2.32. The predicted octanol–water partition coefficient (Wildman–Crippen LogP) is 3.00. The van der Waals surface area contributed by atoms with Crippen molar-refractivity contribution in [1.82, 2.24) is 9.97 Å². The average molecular weight is 360 g/mol. The summed E-state index contributed by atoms with van der Waals surface area (Å²) in [4.78, 5) is 32.6. The molecule has 0 saturated carbocycles. The molecule has 0 bridgehead atoms. The number of carbonyl (C=O) groups is 2. The molecular weight excluding hydrogens is 344 g/mol.